The Morgan fingerprint density at radius 2 is 0.615 bits per heavy atom. The van der Waals surface area contributed by atoms with Crippen LogP contribution in [0.1, 0.15) is 12.5 Å². The van der Waals surface area contributed by atoms with E-state index < -0.39 is 0 Å². The number of hydrogen-bond donors (Lipinski definition) is 0. The van der Waals surface area contributed by atoms with Gasteiger partial charge in [-0.1, -0.05) is 128 Å². The fraction of sp³-hybridized carbons (Fsp3) is 0.0526. The molecule has 0 atom stereocenters. The Morgan fingerprint density at radius 3 is 0.923 bits per heavy atom. The Labute approximate surface area is 231 Å². The molecule has 0 radical (unpaired) electrons. The van der Waals surface area contributed by atoms with E-state index in [1.54, 1.807) is 0 Å². The first kappa shape index (κ1) is 24.5. The first-order valence-corrected chi connectivity index (χ1v) is 13.6. The quantitative estimate of drug-likeness (QED) is 0.210. The maximum atomic E-state index is 2.33. The van der Waals surface area contributed by atoms with Gasteiger partial charge in [0, 0.05) is 17.1 Å². The maximum absolute atomic E-state index is 2.33. The predicted molar refractivity (Wildman–Crippen MR) is 167 cm³/mol. The van der Waals surface area contributed by atoms with E-state index in [2.05, 4.69) is 170 Å². The molecule has 6 aromatic carbocycles. The molecule has 6 aromatic rings. The van der Waals surface area contributed by atoms with E-state index in [0.29, 0.717) is 0 Å². The average Bonchev–Trinajstić information content (AvgIpc) is 3.03. The van der Waals surface area contributed by atoms with Gasteiger partial charge in [0.05, 0.1) is 0 Å². The maximum Gasteiger partial charge on any atom is 0.0462 e. The number of rotatable bonds is 7. The van der Waals surface area contributed by atoms with Gasteiger partial charge in [-0.15, -0.1) is 0 Å². The van der Waals surface area contributed by atoms with Crippen molar-refractivity contribution in [2.45, 2.75) is 13.3 Å². The van der Waals surface area contributed by atoms with Gasteiger partial charge in [-0.05, 0) is 81.8 Å². The van der Waals surface area contributed by atoms with Crippen molar-refractivity contribution in [2.24, 2.45) is 0 Å². The lowest BCUT2D eigenvalue weighted by molar-refractivity contribution is 1.14. The molecule has 0 saturated heterocycles. The standard InChI is InChI=1S/C38H31N/c1-2-29-13-15-32(16-14-29)35-21-27-38(28-22-35)39(36-23-17-33(18-24-36)30-9-5-3-6-10-30)37-25-19-34(20-26-37)31-11-7-4-8-12-31/h3-28H,2H2,1H3. The van der Waals surface area contributed by atoms with E-state index in [1.165, 1.54) is 38.9 Å². The number of nitrogens with zero attached hydrogens (tertiary/aromatic N) is 1. The smallest absolute Gasteiger partial charge is 0.0462 e. The zero-order valence-corrected chi connectivity index (χ0v) is 22.2. The molecule has 0 fully saturated rings. The van der Waals surface area contributed by atoms with E-state index in [4.69, 9.17) is 0 Å². The molecule has 0 aromatic heterocycles. The lowest BCUT2D eigenvalue weighted by Gasteiger charge is -2.26. The fourth-order valence-electron chi connectivity index (χ4n) is 5.05. The lowest BCUT2D eigenvalue weighted by Crippen LogP contribution is -2.09. The van der Waals surface area contributed by atoms with Gasteiger partial charge in [0.1, 0.15) is 0 Å². The molecule has 188 valence electrons. The van der Waals surface area contributed by atoms with Crippen LogP contribution in [0, 0.1) is 0 Å². The van der Waals surface area contributed by atoms with Gasteiger partial charge >= 0.3 is 0 Å². The number of hydrogen-bond acceptors (Lipinski definition) is 1. The molecule has 0 N–H and O–H groups in total. The van der Waals surface area contributed by atoms with Gasteiger partial charge in [-0.2, -0.15) is 0 Å². The van der Waals surface area contributed by atoms with Crippen molar-refractivity contribution in [1.82, 2.24) is 0 Å². The molecule has 0 heterocycles. The van der Waals surface area contributed by atoms with Gasteiger partial charge in [0.2, 0.25) is 0 Å². The Morgan fingerprint density at radius 1 is 0.333 bits per heavy atom. The third-order valence-electron chi connectivity index (χ3n) is 7.29. The molecular weight excluding hydrogens is 470 g/mol. The van der Waals surface area contributed by atoms with Crippen LogP contribution in [0.4, 0.5) is 17.1 Å². The van der Waals surface area contributed by atoms with Crippen molar-refractivity contribution >= 4 is 17.1 Å². The summed E-state index contributed by atoms with van der Waals surface area (Å²) in [6.07, 6.45) is 1.06. The molecule has 0 bridgehead atoms. The molecule has 0 saturated carbocycles. The average molecular weight is 502 g/mol. The van der Waals surface area contributed by atoms with Crippen LogP contribution in [0.15, 0.2) is 158 Å². The van der Waals surface area contributed by atoms with Gasteiger partial charge in [0.15, 0.2) is 0 Å². The van der Waals surface area contributed by atoms with Crippen LogP contribution in [0.25, 0.3) is 33.4 Å². The molecule has 39 heavy (non-hydrogen) atoms. The molecule has 0 spiro atoms. The third-order valence-corrected chi connectivity index (χ3v) is 7.29. The summed E-state index contributed by atoms with van der Waals surface area (Å²) in [6.45, 7) is 2.19. The number of benzene rings is 6. The monoisotopic (exact) mass is 501 g/mol. The minimum atomic E-state index is 1.06. The van der Waals surface area contributed by atoms with Crippen LogP contribution in [-0.4, -0.2) is 0 Å². The van der Waals surface area contributed by atoms with Gasteiger partial charge in [-0.25, -0.2) is 0 Å². The summed E-state index contributed by atoms with van der Waals surface area (Å²) < 4.78 is 0. The minimum absolute atomic E-state index is 1.06. The minimum Gasteiger partial charge on any atom is -0.311 e. The van der Waals surface area contributed by atoms with Gasteiger partial charge in [0.25, 0.3) is 0 Å². The number of aryl methyl sites for hydroxylation is 1. The Kier molecular flexibility index (Phi) is 7.05. The van der Waals surface area contributed by atoms with Crippen LogP contribution in [-0.2, 0) is 6.42 Å². The second kappa shape index (κ2) is 11.2. The van der Waals surface area contributed by atoms with E-state index in [0.717, 1.165) is 23.5 Å². The first-order chi connectivity index (χ1) is 19.3. The van der Waals surface area contributed by atoms with Crippen molar-refractivity contribution in [3.8, 4) is 33.4 Å². The summed E-state index contributed by atoms with van der Waals surface area (Å²) in [4.78, 5) is 2.33. The van der Waals surface area contributed by atoms with Crippen LogP contribution in [0.3, 0.4) is 0 Å². The highest BCUT2D eigenvalue weighted by Gasteiger charge is 2.13. The lowest BCUT2D eigenvalue weighted by atomic mass is 10.0. The van der Waals surface area contributed by atoms with E-state index in [9.17, 15) is 0 Å². The summed E-state index contributed by atoms with van der Waals surface area (Å²) >= 11 is 0. The highest BCUT2D eigenvalue weighted by atomic mass is 15.1. The Balaban J connectivity index is 1.37. The Hall–Kier alpha value is -4.88. The second-order valence-corrected chi connectivity index (χ2v) is 9.76. The largest absolute Gasteiger partial charge is 0.311 e. The highest BCUT2D eigenvalue weighted by molar-refractivity contribution is 5.81. The third kappa shape index (κ3) is 5.39. The van der Waals surface area contributed by atoms with Crippen LogP contribution >= 0.6 is 0 Å². The van der Waals surface area contributed by atoms with Crippen molar-refractivity contribution in [1.29, 1.82) is 0 Å². The van der Waals surface area contributed by atoms with Crippen molar-refractivity contribution in [2.75, 3.05) is 4.90 Å². The summed E-state index contributed by atoms with van der Waals surface area (Å²) in [5.41, 5.74) is 12.1. The van der Waals surface area contributed by atoms with Crippen molar-refractivity contribution in [3.63, 3.8) is 0 Å². The second-order valence-electron chi connectivity index (χ2n) is 9.76. The predicted octanol–water partition coefficient (Wildman–Crippen LogP) is 10.7. The molecule has 0 aliphatic carbocycles. The highest BCUT2D eigenvalue weighted by Crippen LogP contribution is 2.37. The Bertz CT molecular complexity index is 1530. The van der Waals surface area contributed by atoms with Crippen LogP contribution < -0.4 is 4.90 Å². The number of anilines is 3. The van der Waals surface area contributed by atoms with Gasteiger partial charge in [-0.3, -0.25) is 0 Å². The molecule has 1 nitrogen and oxygen atoms in total. The molecule has 0 aliphatic heterocycles. The van der Waals surface area contributed by atoms with E-state index >= 15 is 0 Å². The zero-order chi connectivity index (χ0) is 26.4. The van der Waals surface area contributed by atoms with E-state index in [1.807, 2.05) is 0 Å². The van der Waals surface area contributed by atoms with Crippen LogP contribution in [0.2, 0.25) is 0 Å². The SMILES string of the molecule is CCc1ccc(-c2ccc(N(c3ccc(-c4ccccc4)cc3)c3ccc(-c4ccccc4)cc3)cc2)cc1. The molecule has 6 rings (SSSR count). The van der Waals surface area contributed by atoms with Gasteiger partial charge < -0.3 is 4.90 Å². The van der Waals surface area contributed by atoms with E-state index in [-0.39, 0.29) is 0 Å². The summed E-state index contributed by atoms with van der Waals surface area (Å²) in [6, 6.07) is 56.5. The zero-order valence-electron chi connectivity index (χ0n) is 22.2. The molecule has 0 unspecified atom stereocenters. The molecular formula is C38H31N. The molecule has 1 heteroatoms. The molecule has 0 aliphatic rings. The topological polar surface area (TPSA) is 3.24 Å². The molecule has 0 amide bonds. The van der Waals surface area contributed by atoms with Crippen molar-refractivity contribution < 1.29 is 0 Å². The summed E-state index contributed by atoms with van der Waals surface area (Å²) in [5.74, 6) is 0. The van der Waals surface area contributed by atoms with Crippen molar-refractivity contribution in [3.05, 3.63) is 163 Å². The first-order valence-electron chi connectivity index (χ1n) is 13.6. The summed E-state index contributed by atoms with van der Waals surface area (Å²) in [5, 5.41) is 0. The van der Waals surface area contributed by atoms with Crippen LogP contribution in [0.5, 0.6) is 0 Å². The normalized spacial score (nSPS) is 10.8. The summed E-state index contributed by atoms with van der Waals surface area (Å²) in [7, 11) is 0. The fourth-order valence-corrected chi connectivity index (χ4v) is 5.05.